The predicted octanol–water partition coefficient (Wildman–Crippen LogP) is 3.33. The van der Waals surface area contributed by atoms with Gasteiger partial charge < -0.3 is 14.5 Å². The van der Waals surface area contributed by atoms with Crippen LogP contribution in [0, 0.1) is 0 Å². The van der Waals surface area contributed by atoms with E-state index in [-0.39, 0.29) is 29.9 Å². The lowest BCUT2D eigenvalue weighted by Crippen LogP contribution is -2.34. The molecule has 0 saturated carbocycles. The first-order valence-corrected chi connectivity index (χ1v) is 7.10. The van der Waals surface area contributed by atoms with Crippen molar-refractivity contribution in [3.05, 3.63) is 52.9 Å². The van der Waals surface area contributed by atoms with Gasteiger partial charge in [-0.1, -0.05) is 11.6 Å². The number of halogens is 1. The molecule has 1 aromatic carbocycles. The number of benzene rings is 1. The fourth-order valence-corrected chi connectivity index (χ4v) is 2.18. The maximum Gasteiger partial charge on any atom is 0.255 e. The summed E-state index contributed by atoms with van der Waals surface area (Å²) in [6.45, 7) is 1.75. The molecule has 22 heavy (non-hydrogen) atoms. The zero-order chi connectivity index (χ0) is 16.1. The van der Waals surface area contributed by atoms with Crippen LogP contribution in [0.3, 0.4) is 0 Å². The number of ether oxygens (including phenoxy) is 1. The van der Waals surface area contributed by atoms with Gasteiger partial charge in [0, 0.05) is 17.5 Å². The molecule has 1 heterocycles. The number of hydrogen-bond acceptors (Lipinski definition) is 4. The number of Topliss-reactive ketones (excluding diaryl/α,β-unsaturated/α-hetero) is 1. The van der Waals surface area contributed by atoms with Crippen molar-refractivity contribution in [2.24, 2.45) is 0 Å². The molecule has 1 N–H and O–H groups in total. The average Bonchev–Trinajstić information content (AvgIpc) is 3.00. The molecule has 2 aromatic rings. The Hall–Kier alpha value is -2.27. The Morgan fingerprint density at radius 1 is 1.36 bits per heavy atom. The number of carbonyl (C=O) groups excluding carboxylic acids is 2. The van der Waals surface area contributed by atoms with E-state index < -0.39 is 0 Å². The molecule has 0 bridgehead atoms. The second kappa shape index (κ2) is 7.13. The lowest BCUT2D eigenvalue weighted by molar-refractivity contribution is 0.0905. The normalized spacial score (nSPS) is 11.8. The van der Waals surface area contributed by atoms with Crippen molar-refractivity contribution in [1.82, 2.24) is 5.32 Å². The van der Waals surface area contributed by atoms with Crippen LogP contribution in [-0.4, -0.2) is 24.8 Å². The molecule has 0 radical (unpaired) electrons. The SMILES string of the molecule is COc1cc(Cl)ccc1C(=O)N[C@H](C)CC(=O)c1ccco1. The van der Waals surface area contributed by atoms with Crippen molar-refractivity contribution in [1.29, 1.82) is 0 Å². The number of ketones is 1. The first kappa shape index (κ1) is 16.1. The highest BCUT2D eigenvalue weighted by molar-refractivity contribution is 6.30. The first-order valence-electron chi connectivity index (χ1n) is 6.72. The summed E-state index contributed by atoms with van der Waals surface area (Å²) in [6.07, 6.45) is 1.59. The summed E-state index contributed by atoms with van der Waals surface area (Å²) in [7, 11) is 1.46. The van der Waals surface area contributed by atoms with Crippen molar-refractivity contribution in [2.45, 2.75) is 19.4 Å². The van der Waals surface area contributed by atoms with Gasteiger partial charge in [0.2, 0.25) is 0 Å². The van der Waals surface area contributed by atoms with Crippen molar-refractivity contribution in [2.75, 3.05) is 7.11 Å². The molecule has 0 spiro atoms. The third-order valence-electron chi connectivity index (χ3n) is 3.07. The number of rotatable bonds is 6. The maximum atomic E-state index is 12.2. The molecule has 116 valence electrons. The van der Waals surface area contributed by atoms with Crippen LogP contribution in [-0.2, 0) is 0 Å². The molecule has 2 rings (SSSR count). The molecular weight excluding hydrogens is 306 g/mol. The summed E-state index contributed by atoms with van der Waals surface area (Å²) in [5, 5.41) is 3.24. The summed E-state index contributed by atoms with van der Waals surface area (Å²) in [6, 6.07) is 7.66. The minimum Gasteiger partial charge on any atom is -0.496 e. The molecule has 6 heteroatoms. The second-order valence-electron chi connectivity index (χ2n) is 4.82. The van der Waals surface area contributed by atoms with Crippen LogP contribution in [0.2, 0.25) is 5.02 Å². The summed E-state index contributed by atoms with van der Waals surface area (Å²) in [4.78, 5) is 24.2. The highest BCUT2D eigenvalue weighted by Crippen LogP contribution is 2.23. The van der Waals surface area contributed by atoms with Gasteiger partial charge in [-0.2, -0.15) is 0 Å². The molecule has 1 atom stereocenters. The van der Waals surface area contributed by atoms with Crippen LogP contribution in [0.1, 0.15) is 34.3 Å². The molecule has 1 amide bonds. The molecule has 0 fully saturated rings. The van der Waals surface area contributed by atoms with Crippen LogP contribution >= 0.6 is 11.6 Å². The fraction of sp³-hybridized carbons (Fsp3) is 0.250. The minimum atomic E-state index is -0.342. The topological polar surface area (TPSA) is 68.5 Å². The Morgan fingerprint density at radius 2 is 2.14 bits per heavy atom. The quantitative estimate of drug-likeness (QED) is 0.829. The van der Waals surface area contributed by atoms with E-state index in [9.17, 15) is 9.59 Å². The maximum absolute atomic E-state index is 12.2. The van der Waals surface area contributed by atoms with E-state index in [1.807, 2.05) is 0 Å². The fourth-order valence-electron chi connectivity index (χ4n) is 2.02. The zero-order valence-electron chi connectivity index (χ0n) is 12.3. The van der Waals surface area contributed by atoms with Gasteiger partial charge in [-0.3, -0.25) is 9.59 Å². The third kappa shape index (κ3) is 3.89. The number of methoxy groups -OCH3 is 1. The molecule has 5 nitrogen and oxygen atoms in total. The van der Waals surface area contributed by atoms with Crippen molar-refractivity contribution >= 4 is 23.3 Å². The van der Waals surface area contributed by atoms with E-state index in [0.29, 0.717) is 16.3 Å². The van der Waals surface area contributed by atoms with Crippen LogP contribution in [0.5, 0.6) is 5.75 Å². The lowest BCUT2D eigenvalue weighted by atomic mass is 10.1. The van der Waals surface area contributed by atoms with E-state index in [2.05, 4.69) is 5.32 Å². The summed E-state index contributed by atoms with van der Waals surface area (Å²) in [5.41, 5.74) is 0.365. The number of nitrogens with one attached hydrogen (secondary N) is 1. The molecular formula is C16H16ClNO4. The summed E-state index contributed by atoms with van der Waals surface area (Å²) < 4.78 is 10.2. The lowest BCUT2D eigenvalue weighted by Gasteiger charge is -2.14. The van der Waals surface area contributed by atoms with E-state index in [1.165, 1.54) is 13.4 Å². The molecule has 1 aromatic heterocycles. The van der Waals surface area contributed by atoms with Gasteiger partial charge in [-0.05, 0) is 37.3 Å². The van der Waals surface area contributed by atoms with Gasteiger partial charge in [0.1, 0.15) is 5.75 Å². The van der Waals surface area contributed by atoms with Crippen molar-refractivity contribution in [3.8, 4) is 5.75 Å². The molecule has 0 aliphatic carbocycles. The van der Waals surface area contributed by atoms with Gasteiger partial charge in [0.25, 0.3) is 5.91 Å². The van der Waals surface area contributed by atoms with Crippen LogP contribution in [0.4, 0.5) is 0 Å². The van der Waals surface area contributed by atoms with E-state index in [0.717, 1.165) is 0 Å². The first-order chi connectivity index (χ1) is 10.5. The average molecular weight is 322 g/mol. The highest BCUT2D eigenvalue weighted by atomic mass is 35.5. The second-order valence-corrected chi connectivity index (χ2v) is 5.26. The Balaban J connectivity index is 2.01. The summed E-state index contributed by atoms with van der Waals surface area (Å²) >= 11 is 5.87. The number of furan rings is 1. The van der Waals surface area contributed by atoms with Gasteiger partial charge in [0.15, 0.2) is 11.5 Å². The van der Waals surface area contributed by atoms with Gasteiger partial charge in [-0.15, -0.1) is 0 Å². The standard InChI is InChI=1S/C16H16ClNO4/c1-10(8-13(19)14-4-3-7-22-14)18-16(20)12-6-5-11(17)9-15(12)21-2/h3-7,9-10H,8H2,1-2H3,(H,18,20)/t10-/m1/s1. The molecule has 0 unspecified atom stereocenters. The van der Waals surface area contributed by atoms with Gasteiger partial charge in [0.05, 0.1) is 18.9 Å². The molecule has 0 saturated heterocycles. The summed E-state index contributed by atoms with van der Waals surface area (Å²) in [5.74, 6) is 0.175. The van der Waals surface area contributed by atoms with E-state index >= 15 is 0 Å². The van der Waals surface area contributed by atoms with E-state index in [4.69, 9.17) is 20.8 Å². The van der Waals surface area contributed by atoms with E-state index in [1.54, 1.807) is 37.3 Å². The Labute approximate surface area is 133 Å². The Morgan fingerprint density at radius 3 is 2.77 bits per heavy atom. The van der Waals surface area contributed by atoms with Gasteiger partial charge in [-0.25, -0.2) is 0 Å². The predicted molar refractivity (Wildman–Crippen MR) is 82.6 cm³/mol. The van der Waals surface area contributed by atoms with Crippen LogP contribution in [0.15, 0.2) is 41.0 Å². The largest absolute Gasteiger partial charge is 0.496 e. The number of hydrogen-bond donors (Lipinski definition) is 1. The van der Waals surface area contributed by atoms with Crippen LogP contribution in [0.25, 0.3) is 0 Å². The smallest absolute Gasteiger partial charge is 0.255 e. The van der Waals surface area contributed by atoms with Gasteiger partial charge >= 0.3 is 0 Å². The number of carbonyl (C=O) groups is 2. The zero-order valence-corrected chi connectivity index (χ0v) is 13.0. The number of amides is 1. The Kier molecular flexibility index (Phi) is 5.22. The van der Waals surface area contributed by atoms with Crippen molar-refractivity contribution < 1.29 is 18.7 Å². The molecule has 0 aliphatic rings. The monoisotopic (exact) mass is 321 g/mol. The molecule has 0 aliphatic heterocycles. The highest BCUT2D eigenvalue weighted by Gasteiger charge is 2.18. The van der Waals surface area contributed by atoms with Crippen LogP contribution < -0.4 is 10.1 Å². The minimum absolute atomic E-state index is 0.148. The van der Waals surface area contributed by atoms with Crippen molar-refractivity contribution in [3.63, 3.8) is 0 Å². The Bertz CT molecular complexity index is 667. The third-order valence-corrected chi connectivity index (χ3v) is 3.31.